The van der Waals surface area contributed by atoms with E-state index in [1.54, 1.807) is 19.2 Å². The zero-order valence-corrected chi connectivity index (χ0v) is 21.1. The van der Waals surface area contributed by atoms with Crippen molar-refractivity contribution in [1.29, 1.82) is 0 Å². The lowest BCUT2D eigenvalue weighted by molar-refractivity contribution is -0.0546. The van der Waals surface area contributed by atoms with E-state index in [0.29, 0.717) is 10.9 Å². The van der Waals surface area contributed by atoms with Gasteiger partial charge in [0.1, 0.15) is 5.82 Å². The number of halogens is 5. The van der Waals surface area contributed by atoms with E-state index in [4.69, 9.17) is 4.74 Å². The van der Waals surface area contributed by atoms with Gasteiger partial charge in [0.25, 0.3) is 0 Å². The number of aryl methyl sites for hydroxylation is 3. The second kappa shape index (κ2) is 12.7. The van der Waals surface area contributed by atoms with E-state index in [2.05, 4.69) is 4.74 Å². The molecule has 1 aliphatic carbocycles. The highest BCUT2D eigenvalue weighted by Gasteiger charge is 2.21. The number of rotatable bonds is 11. The molecule has 0 saturated heterocycles. The molecule has 200 valence electrons. The van der Waals surface area contributed by atoms with Gasteiger partial charge in [-0.05, 0) is 78.1 Å². The Hall–Kier alpha value is -2.67. The molecule has 2 nitrogen and oxygen atoms in total. The van der Waals surface area contributed by atoms with Crippen LogP contribution in [0.3, 0.4) is 0 Å². The fourth-order valence-corrected chi connectivity index (χ4v) is 5.44. The number of hydrogen-bond donors (Lipinski definition) is 0. The molecule has 37 heavy (non-hydrogen) atoms. The Morgan fingerprint density at radius 2 is 1.46 bits per heavy atom. The monoisotopic (exact) mass is 520 g/mol. The molecule has 0 atom stereocenters. The summed E-state index contributed by atoms with van der Waals surface area (Å²) in [6.07, 6.45) is 8.68. The van der Waals surface area contributed by atoms with E-state index in [1.165, 1.54) is 31.2 Å². The Morgan fingerprint density at radius 3 is 2.11 bits per heavy atom. The number of alkyl halides is 2. The van der Waals surface area contributed by atoms with Crippen LogP contribution in [-0.2, 0) is 24.0 Å². The largest absolute Gasteiger partial charge is 0.429 e. The van der Waals surface area contributed by atoms with E-state index in [9.17, 15) is 17.6 Å². The number of hydrogen-bond acceptors (Lipinski definition) is 2. The highest BCUT2D eigenvalue weighted by molar-refractivity contribution is 5.84. The normalized spacial score (nSPS) is 18.0. The third-order valence-electron chi connectivity index (χ3n) is 7.58. The first-order chi connectivity index (χ1) is 17.8. The Labute approximate surface area is 214 Å². The van der Waals surface area contributed by atoms with Crippen LogP contribution in [-0.4, -0.2) is 20.3 Å². The number of fused-ring (bicyclic) bond motifs is 1. The Kier molecular flexibility index (Phi) is 9.41. The van der Waals surface area contributed by atoms with Gasteiger partial charge < -0.3 is 9.47 Å². The molecule has 0 spiro atoms. The molecular weight excluding hydrogens is 487 g/mol. The standard InChI is InChI=1S/C30H33F5O2/c1-36-15-14-20-4-2-19(3-5-20)6-7-21-9-13-25-24(16-21)12-11-23(28(25)33)10-8-22-17-26(31)29(27(32)18-22)37-30(34)35/h9,11-13,16-20,30H,2-8,10,14-15H2,1H3. The second-order valence-electron chi connectivity index (χ2n) is 10.1. The van der Waals surface area contributed by atoms with Gasteiger partial charge in [-0.25, -0.2) is 13.2 Å². The summed E-state index contributed by atoms with van der Waals surface area (Å²) in [5.41, 5.74) is 1.86. The first-order valence-electron chi connectivity index (χ1n) is 13.0. The molecule has 0 radical (unpaired) electrons. The van der Waals surface area contributed by atoms with Gasteiger partial charge >= 0.3 is 6.61 Å². The zero-order valence-electron chi connectivity index (χ0n) is 21.1. The van der Waals surface area contributed by atoms with Gasteiger partial charge in [-0.2, -0.15) is 8.78 Å². The lowest BCUT2D eigenvalue weighted by Crippen LogP contribution is -2.16. The maximum Gasteiger partial charge on any atom is 0.387 e. The number of methoxy groups -OCH3 is 1. The van der Waals surface area contributed by atoms with E-state index in [1.807, 2.05) is 18.2 Å². The minimum absolute atomic E-state index is 0.150. The summed E-state index contributed by atoms with van der Waals surface area (Å²) < 4.78 is 76.9. The second-order valence-corrected chi connectivity index (χ2v) is 10.1. The SMILES string of the molecule is COCCC1CCC(CCc2ccc3c(F)c(CCc4cc(F)c(OC(F)F)c(F)c4)ccc3c2)CC1. The van der Waals surface area contributed by atoms with Gasteiger partial charge in [0, 0.05) is 19.1 Å². The van der Waals surface area contributed by atoms with Crippen molar-refractivity contribution in [2.24, 2.45) is 11.8 Å². The molecule has 0 heterocycles. The van der Waals surface area contributed by atoms with E-state index in [0.717, 1.165) is 55.2 Å². The summed E-state index contributed by atoms with van der Waals surface area (Å²) in [5.74, 6) is -2.36. The molecule has 3 aromatic carbocycles. The van der Waals surface area contributed by atoms with Gasteiger partial charge in [0.05, 0.1) is 0 Å². The molecule has 1 aliphatic rings. The highest BCUT2D eigenvalue weighted by Crippen LogP contribution is 2.34. The fourth-order valence-electron chi connectivity index (χ4n) is 5.44. The van der Waals surface area contributed by atoms with E-state index >= 15 is 4.39 Å². The Bertz CT molecular complexity index is 1170. The summed E-state index contributed by atoms with van der Waals surface area (Å²) in [7, 11) is 1.75. The maximum atomic E-state index is 15.2. The summed E-state index contributed by atoms with van der Waals surface area (Å²) in [6, 6.07) is 11.3. The van der Waals surface area contributed by atoms with Crippen LogP contribution >= 0.6 is 0 Å². The lowest BCUT2D eigenvalue weighted by Gasteiger charge is -2.28. The van der Waals surface area contributed by atoms with Gasteiger partial charge in [-0.3, -0.25) is 0 Å². The van der Waals surface area contributed by atoms with Crippen molar-refractivity contribution in [3.63, 3.8) is 0 Å². The topological polar surface area (TPSA) is 18.5 Å². The summed E-state index contributed by atoms with van der Waals surface area (Å²) in [6.45, 7) is -2.48. The van der Waals surface area contributed by atoms with Crippen LogP contribution in [0.25, 0.3) is 10.8 Å². The molecule has 0 aromatic heterocycles. The van der Waals surface area contributed by atoms with Crippen molar-refractivity contribution < 1.29 is 31.4 Å². The maximum absolute atomic E-state index is 15.2. The molecule has 0 amide bonds. The van der Waals surface area contributed by atoms with Crippen LogP contribution in [0, 0.1) is 29.3 Å². The molecule has 0 N–H and O–H groups in total. The molecule has 7 heteroatoms. The molecule has 1 fully saturated rings. The third-order valence-corrected chi connectivity index (χ3v) is 7.58. The van der Waals surface area contributed by atoms with Crippen molar-refractivity contribution in [3.8, 4) is 5.75 Å². The minimum atomic E-state index is -3.33. The van der Waals surface area contributed by atoms with Gasteiger partial charge in [-0.1, -0.05) is 56.0 Å². The van der Waals surface area contributed by atoms with Crippen molar-refractivity contribution in [2.45, 2.75) is 64.4 Å². The third kappa shape index (κ3) is 7.22. The molecule has 3 aromatic rings. The van der Waals surface area contributed by atoms with Crippen molar-refractivity contribution >= 4 is 10.8 Å². The van der Waals surface area contributed by atoms with Crippen molar-refractivity contribution in [2.75, 3.05) is 13.7 Å². The predicted molar refractivity (Wildman–Crippen MR) is 135 cm³/mol. The van der Waals surface area contributed by atoms with Crippen LogP contribution < -0.4 is 4.74 Å². The van der Waals surface area contributed by atoms with Gasteiger partial charge in [0.15, 0.2) is 17.4 Å². The average Bonchev–Trinajstić information content (AvgIpc) is 2.88. The van der Waals surface area contributed by atoms with Crippen LogP contribution in [0.5, 0.6) is 5.75 Å². The zero-order chi connectivity index (χ0) is 26.4. The van der Waals surface area contributed by atoms with Crippen LogP contribution in [0.15, 0.2) is 42.5 Å². The first-order valence-corrected chi connectivity index (χ1v) is 13.0. The number of ether oxygens (including phenoxy) is 2. The highest BCUT2D eigenvalue weighted by atomic mass is 19.3. The average molecular weight is 521 g/mol. The molecular formula is C30H33F5O2. The van der Waals surface area contributed by atoms with E-state index < -0.39 is 24.0 Å². The Morgan fingerprint density at radius 1 is 0.784 bits per heavy atom. The molecule has 4 rings (SSSR count). The molecule has 0 bridgehead atoms. The lowest BCUT2D eigenvalue weighted by atomic mass is 9.78. The summed E-state index contributed by atoms with van der Waals surface area (Å²) in [5, 5.41) is 1.34. The van der Waals surface area contributed by atoms with Gasteiger partial charge in [0.2, 0.25) is 0 Å². The van der Waals surface area contributed by atoms with Crippen LogP contribution in [0.1, 0.15) is 55.2 Å². The van der Waals surface area contributed by atoms with Crippen molar-refractivity contribution in [3.05, 3.63) is 76.6 Å². The molecule has 1 saturated carbocycles. The smallest absolute Gasteiger partial charge is 0.387 e. The quantitative estimate of drug-likeness (QED) is 0.236. The fraction of sp³-hybridized carbons (Fsp3) is 0.467. The minimum Gasteiger partial charge on any atom is -0.429 e. The van der Waals surface area contributed by atoms with Crippen molar-refractivity contribution in [1.82, 2.24) is 0 Å². The molecule has 0 unspecified atom stereocenters. The molecule has 0 aliphatic heterocycles. The van der Waals surface area contributed by atoms with Gasteiger partial charge in [-0.15, -0.1) is 0 Å². The van der Waals surface area contributed by atoms with E-state index in [-0.39, 0.29) is 24.2 Å². The Balaban J connectivity index is 1.35. The summed E-state index contributed by atoms with van der Waals surface area (Å²) >= 11 is 0. The number of benzene rings is 3. The van der Waals surface area contributed by atoms with Crippen LogP contribution in [0.4, 0.5) is 22.0 Å². The predicted octanol–water partition coefficient (Wildman–Crippen LogP) is 8.42. The first kappa shape index (κ1) is 27.4. The summed E-state index contributed by atoms with van der Waals surface area (Å²) in [4.78, 5) is 0. The van der Waals surface area contributed by atoms with Crippen LogP contribution in [0.2, 0.25) is 0 Å².